The number of anilines is 1. The molecule has 1 aromatic heterocycles. The molecule has 3 heterocycles. The lowest BCUT2D eigenvalue weighted by Gasteiger charge is -2.25. The van der Waals surface area contributed by atoms with Crippen molar-refractivity contribution in [3.63, 3.8) is 0 Å². The van der Waals surface area contributed by atoms with Gasteiger partial charge in [-0.2, -0.15) is 18.3 Å². The van der Waals surface area contributed by atoms with E-state index < -0.39 is 16.6 Å². The third kappa shape index (κ3) is 3.75. The van der Waals surface area contributed by atoms with Gasteiger partial charge in [0.05, 0.1) is 10.5 Å². The summed E-state index contributed by atoms with van der Waals surface area (Å²) < 4.78 is 56.6. The highest BCUT2D eigenvalue weighted by molar-refractivity contribution is 7.89. The minimum atomic E-state index is -3.75. The number of alkyl halides is 2. The number of aromatic nitrogens is 1. The highest BCUT2D eigenvalue weighted by Crippen LogP contribution is 2.37. The summed E-state index contributed by atoms with van der Waals surface area (Å²) in [4.78, 5) is 6.37. The molecule has 1 aromatic carbocycles. The first-order valence-corrected chi connectivity index (χ1v) is 10.5. The van der Waals surface area contributed by atoms with Crippen LogP contribution in [0.4, 0.5) is 14.6 Å². The molecule has 29 heavy (non-hydrogen) atoms. The van der Waals surface area contributed by atoms with Crippen LogP contribution in [0, 0.1) is 17.2 Å². The van der Waals surface area contributed by atoms with Crippen LogP contribution in [0.15, 0.2) is 47.5 Å². The van der Waals surface area contributed by atoms with E-state index >= 15 is 0 Å². The minimum Gasteiger partial charge on any atom is -0.435 e. The number of halogens is 2. The number of sulfonamides is 1. The molecule has 0 amide bonds. The highest BCUT2D eigenvalue weighted by Gasteiger charge is 2.46. The SMILES string of the molecule is N#Cc1ccc(N2CC3CCN(S(=O)(=O)c4ccc(OC(F)F)cc4)C3C2)nc1. The third-order valence-corrected chi connectivity index (χ3v) is 7.29. The molecular formula is C19H18F2N4O3S. The maximum absolute atomic E-state index is 13.1. The van der Waals surface area contributed by atoms with Gasteiger partial charge in [0.25, 0.3) is 0 Å². The molecule has 2 unspecified atom stereocenters. The van der Waals surface area contributed by atoms with E-state index in [1.165, 1.54) is 34.8 Å². The molecule has 0 spiro atoms. The van der Waals surface area contributed by atoms with Crippen molar-refractivity contribution in [3.8, 4) is 11.8 Å². The van der Waals surface area contributed by atoms with Crippen LogP contribution in [0.3, 0.4) is 0 Å². The Hall–Kier alpha value is -2.77. The summed E-state index contributed by atoms with van der Waals surface area (Å²) in [5, 5.41) is 8.90. The molecule has 2 aliphatic rings. The van der Waals surface area contributed by atoms with Crippen molar-refractivity contribution in [1.82, 2.24) is 9.29 Å². The van der Waals surface area contributed by atoms with Crippen LogP contribution in [0.25, 0.3) is 0 Å². The van der Waals surface area contributed by atoms with Crippen molar-refractivity contribution < 1.29 is 21.9 Å². The predicted molar refractivity (Wildman–Crippen MR) is 100 cm³/mol. The van der Waals surface area contributed by atoms with Crippen molar-refractivity contribution in [2.24, 2.45) is 5.92 Å². The van der Waals surface area contributed by atoms with E-state index in [1.807, 2.05) is 11.0 Å². The van der Waals surface area contributed by atoms with Crippen LogP contribution >= 0.6 is 0 Å². The molecule has 2 aromatic rings. The zero-order valence-electron chi connectivity index (χ0n) is 15.3. The van der Waals surface area contributed by atoms with Crippen LogP contribution in [0.1, 0.15) is 12.0 Å². The Bertz CT molecular complexity index is 1020. The molecule has 2 atom stereocenters. The van der Waals surface area contributed by atoms with E-state index in [-0.39, 0.29) is 22.6 Å². The van der Waals surface area contributed by atoms with Crippen LogP contribution in [-0.2, 0) is 10.0 Å². The van der Waals surface area contributed by atoms with Crippen molar-refractivity contribution in [2.45, 2.75) is 24.0 Å². The van der Waals surface area contributed by atoms with Crippen molar-refractivity contribution in [3.05, 3.63) is 48.2 Å². The summed E-state index contributed by atoms with van der Waals surface area (Å²) in [5.41, 5.74) is 0.469. The molecule has 4 rings (SSSR count). The number of nitrogens with zero attached hydrogens (tertiary/aromatic N) is 4. The summed E-state index contributed by atoms with van der Waals surface area (Å²) in [6, 6.07) is 10.3. The number of rotatable bonds is 5. The Morgan fingerprint density at radius 1 is 1.17 bits per heavy atom. The molecule has 0 saturated carbocycles. The van der Waals surface area contributed by atoms with Gasteiger partial charge >= 0.3 is 6.61 Å². The van der Waals surface area contributed by atoms with E-state index in [9.17, 15) is 17.2 Å². The Balaban J connectivity index is 1.51. The first kappa shape index (κ1) is 19.5. The van der Waals surface area contributed by atoms with Crippen LogP contribution in [0.2, 0.25) is 0 Å². The van der Waals surface area contributed by atoms with Gasteiger partial charge < -0.3 is 9.64 Å². The van der Waals surface area contributed by atoms with Crippen molar-refractivity contribution in [1.29, 1.82) is 5.26 Å². The second kappa shape index (κ2) is 7.57. The quantitative estimate of drug-likeness (QED) is 0.739. The smallest absolute Gasteiger partial charge is 0.387 e. The number of fused-ring (bicyclic) bond motifs is 1. The number of pyridine rings is 1. The van der Waals surface area contributed by atoms with Gasteiger partial charge in [-0.25, -0.2) is 13.4 Å². The number of ether oxygens (including phenoxy) is 1. The van der Waals surface area contributed by atoms with Gasteiger partial charge in [0, 0.05) is 31.9 Å². The van der Waals surface area contributed by atoms with E-state index in [0.717, 1.165) is 6.42 Å². The average Bonchev–Trinajstić information content (AvgIpc) is 3.29. The Morgan fingerprint density at radius 3 is 2.55 bits per heavy atom. The maximum atomic E-state index is 13.1. The zero-order chi connectivity index (χ0) is 20.6. The Kier molecular flexibility index (Phi) is 5.10. The normalized spacial score (nSPS) is 21.9. The van der Waals surface area contributed by atoms with Gasteiger partial charge in [-0.1, -0.05) is 0 Å². The van der Waals surface area contributed by atoms with Crippen LogP contribution in [-0.4, -0.2) is 50.0 Å². The molecule has 2 saturated heterocycles. The molecule has 7 nitrogen and oxygen atoms in total. The lowest BCUT2D eigenvalue weighted by Crippen LogP contribution is -2.39. The second-order valence-corrected chi connectivity index (χ2v) is 8.89. The largest absolute Gasteiger partial charge is 0.435 e. The van der Waals surface area contributed by atoms with Gasteiger partial charge in [0.2, 0.25) is 10.0 Å². The lowest BCUT2D eigenvalue weighted by molar-refractivity contribution is -0.0498. The molecule has 0 aliphatic carbocycles. The fourth-order valence-electron chi connectivity index (χ4n) is 3.98. The molecule has 0 N–H and O–H groups in total. The summed E-state index contributed by atoms with van der Waals surface area (Å²) in [7, 11) is -3.75. The van der Waals surface area contributed by atoms with E-state index in [0.29, 0.717) is 31.0 Å². The number of hydrogen-bond donors (Lipinski definition) is 0. The molecular weight excluding hydrogens is 402 g/mol. The van der Waals surface area contributed by atoms with Gasteiger partial charge in [0.15, 0.2) is 0 Å². The Morgan fingerprint density at radius 2 is 1.93 bits per heavy atom. The minimum absolute atomic E-state index is 0.0507. The van der Waals surface area contributed by atoms with Crippen LogP contribution in [0.5, 0.6) is 5.75 Å². The monoisotopic (exact) mass is 420 g/mol. The topological polar surface area (TPSA) is 86.5 Å². The lowest BCUT2D eigenvalue weighted by atomic mass is 10.1. The number of hydrogen-bond acceptors (Lipinski definition) is 6. The standard InChI is InChI=1S/C19H18F2N4O3S/c20-19(21)28-15-2-4-16(5-3-15)29(26,27)25-8-7-14-11-24(12-17(14)25)18-6-1-13(9-22)10-23-18/h1-6,10,14,17,19H,7-8,11-12H2. The maximum Gasteiger partial charge on any atom is 0.387 e. The second-order valence-electron chi connectivity index (χ2n) is 7.00. The van der Waals surface area contributed by atoms with Crippen LogP contribution < -0.4 is 9.64 Å². The van der Waals surface area contributed by atoms with Crippen molar-refractivity contribution in [2.75, 3.05) is 24.5 Å². The fraction of sp³-hybridized carbons (Fsp3) is 0.368. The van der Waals surface area contributed by atoms with Gasteiger partial charge in [-0.05, 0) is 48.7 Å². The van der Waals surface area contributed by atoms with E-state index in [1.54, 1.807) is 12.1 Å². The molecule has 0 radical (unpaired) electrons. The summed E-state index contributed by atoms with van der Waals surface area (Å²) in [5.74, 6) is 0.810. The van der Waals surface area contributed by atoms with Crippen molar-refractivity contribution >= 4 is 15.8 Å². The highest BCUT2D eigenvalue weighted by atomic mass is 32.2. The molecule has 0 bridgehead atoms. The number of benzene rings is 1. The predicted octanol–water partition coefficient (Wildman–Crippen LogP) is 2.45. The first-order chi connectivity index (χ1) is 13.9. The number of nitriles is 1. The first-order valence-electron chi connectivity index (χ1n) is 9.06. The average molecular weight is 420 g/mol. The molecule has 2 fully saturated rings. The fourth-order valence-corrected chi connectivity index (χ4v) is 5.67. The van der Waals surface area contributed by atoms with Gasteiger partial charge in [-0.3, -0.25) is 0 Å². The summed E-state index contributed by atoms with van der Waals surface area (Å²) in [6.07, 6.45) is 2.24. The summed E-state index contributed by atoms with van der Waals surface area (Å²) >= 11 is 0. The Labute approximate surface area is 167 Å². The molecule has 10 heteroatoms. The zero-order valence-corrected chi connectivity index (χ0v) is 16.1. The van der Waals surface area contributed by atoms with Gasteiger partial charge in [-0.15, -0.1) is 0 Å². The van der Waals surface area contributed by atoms with E-state index in [2.05, 4.69) is 9.72 Å². The summed E-state index contributed by atoms with van der Waals surface area (Å²) in [6.45, 7) is -1.34. The molecule has 152 valence electrons. The van der Waals surface area contributed by atoms with Gasteiger partial charge in [0.1, 0.15) is 17.6 Å². The third-order valence-electron chi connectivity index (χ3n) is 5.35. The van der Waals surface area contributed by atoms with E-state index in [4.69, 9.17) is 5.26 Å². The molecule has 2 aliphatic heterocycles.